The van der Waals surface area contributed by atoms with Gasteiger partial charge in [0.25, 0.3) is 5.91 Å². The van der Waals surface area contributed by atoms with Crippen molar-refractivity contribution in [1.29, 1.82) is 0 Å². The molecule has 1 atom stereocenters. The maximum Gasteiger partial charge on any atom is 0.254 e. The van der Waals surface area contributed by atoms with Crippen molar-refractivity contribution in [3.05, 3.63) is 35.6 Å². The fourth-order valence-electron chi connectivity index (χ4n) is 4.55. The van der Waals surface area contributed by atoms with Gasteiger partial charge < -0.3 is 19.4 Å². The molecule has 29 heavy (non-hydrogen) atoms. The number of likely N-dealkylation sites (tertiary alicyclic amines) is 2. The van der Waals surface area contributed by atoms with Gasteiger partial charge in [0.05, 0.1) is 6.61 Å². The molecule has 0 radical (unpaired) electrons. The fourth-order valence-corrected chi connectivity index (χ4v) is 4.55. The van der Waals surface area contributed by atoms with Gasteiger partial charge in [0.2, 0.25) is 11.8 Å². The molecule has 0 spiro atoms. The highest BCUT2D eigenvalue weighted by molar-refractivity contribution is 5.98. The summed E-state index contributed by atoms with van der Waals surface area (Å²) in [5.74, 6) is -0.621. The SMILES string of the molecule is O=C(C1CCCN1C(=O)c1ccc(F)cc1)N1CCC(N2CCOCC2=O)CC1. The minimum Gasteiger partial charge on any atom is -0.370 e. The molecule has 0 saturated carbocycles. The second-order valence-corrected chi connectivity index (χ2v) is 7.86. The molecule has 0 bridgehead atoms. The summed E-state index contributed by atoms with van der Waals surface area (Å²) in [6, 6.07) is 5.13. The van der Waals surface area contributed by atoms with E-state index in [1.807, 2.05) is 9.80 Å². The number of benzene rings is 1. The van der Waals surface area contributed by atoms with Crippen LogP contribution < -0.4 is 0 Å². The highest BCUT2D eigenvalue weighted by atomic mass is 19.1. The number of carbonyl (C=O) groups is 3. The van der Waals surface area contributed by atoms with Gasteiger partial charge in [-0.05, 0) is 49.9 Å². The van der Waals surface area contributed by atoms with Crippen LogP contribution in [-0.2, 0) is 14.3 Å². The molecular formula is C21H26FN3O4. The zero-order valence-electron chi connectivity index (χ0n) is 16.4. The largest absolute Gasteiger partial charge is 0.370 e. The summed E-state index contributed by atoms with van der Waals surface area (Å²) in [6.45, 7) is 3.02. The summed E-state index contributed by atoms with van der Waals surface area (Å²) in [5.41, 5.74) is 0.399. The van der Waals surface area contributed by atoms with Crippen molar-refractivity contribution in [3.8, 4) is 0 Å². The number of amides is 3. The van der Waals surface area contributed by atoms with Crippen LogP contribution in [0.15, 0.2) is 24.3 Å². The van der Waals surface area contributed by atoms with Gasteiger partial charge in [-0.25, -0.2) is 4.39 Å². The second kappa shape index (κ2) is 8.49. The Hall–Kier alpha value is -2.48. The van der Waals surface area contributed by atoms with Crippen molar-refractivity contribution < 1.29 is 23.5 Å². The van der Waals surface area contributed by atoms with Crippen LogP contribution in [0.3, 0.4) is 0 Å². The third-order valence-electron chi connectivity index (χ3n) is 6.13. The van der Waals surface area contributed by atoms with Gasteiger partial charge in [-0.15, -0.1) is 0 Å². The van der Waals surface area contributed by atoms with Gasteiger partial charge in [0, 0.05) is 37.8 Å². The van der Waals surface area contributed by atoms with Gasteiger partial charge in [0.15, 0.2) is 0 Å². The molecule has 3 saturated heterocycles. The van der Waals surface area contributed by atoms with E-state index in [0.717, 1.165) is 19.3 Å². The number of hydrogen-bond donors (Lipinski definition) is 0. The molecule has 1 aromatic rings. The Labute approximate surface area is 169 Å². The van der Waals surface area contributed by atoms with Crippen molar-refractivity contribution in [2.24, 2.45) is 0 Å². The highest BCUT2D eigenvalue weighted by Crippen LogP contribution is 2.25. The summed E-state index contributed by atoms with van der Waals surface area (Å²) in [4.78, 5) is 43.3. The molecule has 3 fully saturated rings. The molecule has 8 heteroatoms. The van der Waals surface area contributed by atoms with E-state index in [1.54, 1.807) is 4.90 Å². The maximum atomic E-state index is 13.1. The van der Waals surface area contributed by atoms with E-state index in [1.165, 1.54) is 24.3 Å². The van der Waals surface area contributed by atoms with E-state index in [2.05, 4.69) is 0 Å². The van der Waals surface area contributed by atoms with E-state index in [4.69, 9.17) is 4.74 Å². The molecule has 0 aromatic heterocycles. The highest BCUT2D eigenvalue weighted by Gasteiger charge is 2.39. The Morgan fingerprint density at radius 1 is 1.00 bits per heavy atom. The number of carbonyl (C=O) groups excluding carboxylic acids is 3. The first kappa shape index (κ1) is 19.8. The van der Waals surface area contributed by atoms with Crippen LogP contribution in [0.2, 0.25) is 0 Å². The Balaban J connectivity index is 1.37. The molecule has 1 unspecified atom stereocenters. The Kier molecular flexibility index (Phi) is 5.80. The van der Waals surface area contributed by atoms with Crippen LogP contribution in [-0.4, -0.2) is 83.9 Å². The summed E-state index contributed by atoms with van der Waals surface area (Å²) in [5, 5.41) is 0. The van der Waals surface area contributed by atoms with Gasteiger partial charge >= 0.3 is 0 Å². The summed E-state index contributed by atoms with van der Waals surface area (Å²) >= 11 is 0. The topological polar surface area (TPSA) is 70.2 Å². The van der Waals surface area contributed by atoms with E-state index in [-0.39, 0.29) is 30.4 Å². The number of halogens is 1. The Bertz CT molecular complexity index is 777. The lowest BCUT2D eigenvalue weighted by atomic mass is 10.0. The fraction of sp³-hybridized carbons (Fsp3) is 0.571. The van der Waals surface area contributed by atoms with E-state index < -0.39 is 11.9 Å². The average molecular weight is 403 g/mol. The zero-order valence-corrected chi connectivity index (χ0v) is 16.4. The van der Waals surface area contributed by atoms with Crippen LogP contribution in [0.4, 0.5) is 4.39 Å². The molecule has 0 aliphatic carbocycles. The molecule has 7 nitrogen and oxygen atoms in total. The van der Waals surface area contributed by atoms with E-state index in [9.17, 15) is 18.8 Å². The number of nitrogens with zero attached hydrogens (tertiary/aromatic N) is 3. The first-order valence-electron chi connectivity index (χ1n) is 10.3. The minimum atomic E-state index is -0.464. The van der Waals surface area contributed by atoms with Crippen LogP contribution >= 0.6 is 0 Å². The maximum absolute atomic E-state index is 13.1. The third kappa shape index (κ3) is 4.12. The van der Waals surface area contributed by atoms with Crippen molar-refractivity contribution in [1.82, 2.24) is 14.7 Å². The lowest BCUT2D eigenvalue weighted by Gasteiger charge is -2.41. The van der Waals surface area contributed by atoms with Crippen molar-refractivity contribution in [2.75, 3.05) is 39.4 Å². The molecular weight excluding hydrogens is 377 g/mol. The summed E-state index contributed by atoms with van der Waals surface area (Å²) in [6.07, 6.45) is 2.92. The monoisotopic (exact) mass is 403 g/mol. The summed E-state index contributed by atoms with van der Waals surface area (Å²) < 4.78 is 18.3. The average Bonchev–Trinajstić information content (AvgIpc) is 3.24. The molecule has 3 aliphatic rings. The molecule has 3 aliphatic heterocycles. The van der Waals surface area contributed by atoms with Crippen molar-refractivity contribution in [2.45, 2.75) is 37.8 Å². The minimum absolute atomic E-state index is 0.0212. The Morgan fingerprint density at radius 2 is 1.72 bits per heavy atom. The van der Waals surface area contributed by atoms with E-state index in [0.29, 0.717) is 44.8 Å². The van der Waals surface area contributed by atoms with Gasteiger partial charge in [-0.1, -0.05) is 0 Å². The molecule has 156 valence electrons. The molecule has 4 rings (SSSR count). The standard InChI is InChI=1S/C21H26FN3O4/c22-16-5-3-15(4-6-16)20(27)25-9-1-2-18(25)21(28)23-10-7-17(8-11-23)24-12-13-29-14-19(24)26/h3-6,17-18H,1-2,7-14H2. The molecule has 3 amide bonds. The number of ether oxygens (including phenoxy) is 1. The van der Waals surface area contributed by atoms with Gasteiger partial charge in [-0.2, -0.15) is 0 Å². The first-order valence-corrected chi connectivity index (χ1v) is 10.3. The van der Waals surface area contributed by atoms with Crippen molar-refractivity contribution >= 4 is 17.7 Å². The van der Waals surface area contributed by atoms with Crippen LogP contribution in [0.25, 0.3) is 0 Å². The first-order chi connectivity index (χ1) is 14.0. The second-order valence-electron chi connectivity index (χ2n) is 7.86. The lowest BCUT2D eigenvalue weighted by molar-refractivity contribution is -0.148. The quantitative estimate of drug-likeness (QED) is 0.763. The molecule has 3 heterocycles. The third-order valence-corrected chi connectivity index (χ3v) is 6.13. The number of rotatable bonds is 3. The van der Waals surface area contributed by atoms with Crippen LogP contribution in [0.5, 0.6) is 0 Å². The Morgan fingerprint density at radius 3 is 2.41 bits per heavy atom. The normalized spacial score (nSPS) is 23.6. The lowest BCUT2D eigenvalue weighted by Crippen LogP contribution is -2.55. The van der Waals surface area contributed by atoms with Crippen LogP contribution in [0.1, 0.15) is 36.0 Å². The van der Waals surface area contributed by atoms with Crippen molar-refractivity contribution in [3.63, 3.8) is 0 Å². The summed E-state index contributed by atoms with van der Waals surface area (Å²) in [7, 11) is 0. The van der Waals surface area contributed by atoms with E-state index >= 15 is 0 Å². The van der Waals surface area contributed by atoms with Crippen LogP contribution in [0, 0.1) is 5.82 Å². The predicted molar refractivity (Wildman–Crippen MR) is 103 cm³/mol. The van der Waals surface area contributed by atoms with Gasteiger partial charge in [0.1, 0.15) is 18.5 Å². The van der Waals surface area contributed by atoms with Gasteiger partial charge in [-0.3, -0.25) is 14.4 Å². The zero-order chi connectivity index (χ0) is 20.4. The number of hydrogen-bond acceptors (Lipinski definition) is 4. The smallest absolute Gasteiger partial charge is 0.254 e. The number of morpholine rings is 1. The molecule has 0 N–H and O–H groups in total. The molecule has 1 aromatic carbocycles. The number of piperidine rings is 1. The predicted octanol–water partition coefficient (Wildman–Crippen LogP) is 1.28.